The molecule has 0 radical (unpaired) electrons. The largest absolute Gasteiger partial charge is 0.378 e. The van der Waals surface area contributed by atoms with E-state index in [9.17, 15) is 14.0 Å². The van der Waals surface area contributed by atoms with E-state index in [2.05, 4.69) is 15.4 Å². The van der Waals surface area contributed by atoms with Gasteiger partial charge in [-0.2, -0.15) is 4.52 Å². The maximum atomic E-state index is 13.2. The quantitative estimate of drug-likeness (QED) is 0.733. The Morgan fingerprint density at radius 1 is 1.33 bits per heavy atom. The van der Waals surface area contributed by atoms with Crippen LogP contribution in [0.25, 0.3) is 4.96 Å². The molecule has 1 saturated heterocycles. The number of hydrogen-bond donors (Lipinski definition) is 1. The lowest BCUT2D eigenvalue weighted by atomic mass is 10.2. The standard InChI is InChI=1S/C17H16FN5O3S/c1-10-8-11(18)2-3-13(10)20-14(24)12-9-19-16-23(15(12)25)21-17(27-16)22-4-6-26-7-5-22/h2-3,8-9H,4-7H2,1H3,(H,20,24). The molecule has 8 nitrogen and oxygen atoms in total. The predicted molar refractivity (Wildman–Crippen MR) is 99.3 cm³/mol. The van der Waals surface area contributed by atoms with Crippen LogP contribution in [0.15, 0.2) is 29.2 Å². The summed E-state index contributed by atoms with van der Waals surface area (Å²) in [6, 6.07) is 4.00. The highest BCUT2D eigenvalue weighted by molar-refractivity contribution is 7.20. The van der Waals surface area contributed by atoms with Crippen molar-refractivity contribution in [2.45, 2.75) is 6.92 Å². The summed E-state index contributed by atoms with van der Waals surface area (Å²) in [7, 11) is 0. The van der Waals surface area contributed by atoms with Gasteiger partial charge in [0.1, 0.15) is 11.4 Å². The van der Waals surface area contributed by atoms with Gasteiger partial charge in [-0.15, -0.1) is 5.10 Å². The van der Waals surface area contributed by atoms with E-state index < -0.39 is 17.3 Å². The van der Waals surface area contributed by atoms with Crippen LogP contribution in [0, 0.1) is 12.7 Å². The summed E-state index contributed by atoms with van der Waals surface area (Å²) in [6.45, 7) is 4.24. The zero-order valence-electron chi connectivity index (χ0n) is 14.4. The first-order chi connectivity index (χ1) is 13.0. The Balaban J connectivity index is 1.64. The molecule has 0 saturated carbocycles. The molecule has 2 aromatic heterocycles. The molecule has 1 fully saturated rings. The number of halogens is 1. The smallest absolute Gasteiger partial charge is 0.288 e. The topological polar surface area (TPSA) is 88.8 Å². The Morgan fingerprint density at radius 3 is 2.85 bits per heavy atom. The van der Waals surface area contributed by atoms with Crippen LogP contribution in [0.3, 0.4) is 0 Å². The first-order valence-electron chi connectivity index (χ1n) is 8.32. The third kappa shape index (κ3) is 3.40. The third-order valence-corrected chi connectivity index (χ3v) is 5.22. The number of carbonyl (C=O) groups excluding carboxylic acids is 1. The molecular weight excluding hydrogens is 373 g/mol. The molecule has 1 aliphatic heterocycles. The zero-order chi connectivity index (χ0) is 19.0. The number of amides is 1. The van der Waals surface area contributed by atoms with Crippen LogP contribution in [0.2, 0.25) is 0 Å². The molecule has 0 bridgehead atoms. The van der Waals surface area contributed by atoms with Crippen molar-refractivity contribution in [2.75, 3.05) is 36.5 Å². The average molecular weight is 389 g/mol. The Bertz CT molecular complexity index is 1070. The van der Waals surface area contributed by atoms with Gasteiger partial charge in [-0.25, -0.2) is 9.37 Å². The van der Waals surface area contributed by atoms with Gasteiger partial charge in [0.25, 0.3) is 11.5 Å². The molecule has 3 heterocycles. The van der Waals surface area contributed by atoms with E-state index in [4.69, 9.17) is 4.74 Å². The second kappa shape index (κ2) is 7.05. The van der Waals surface area contributed by atoms with Crippen LogP contribution >= 0.6 is 11.3 Å². The molecule has 1 N–H and O–H groups in total. The Hall–Kier alpha value is -2.85. The first-order valence-corrected chi connectivity index (χ1v) is 9.13. The number of nitrogens with one attached hydrogen (secondary N) is 1. The SMILES string of the molecule is Cc1cc(F)ccc1NC(=O)c1cnc2sc(N3CCOCC3)nn2c1=O. The number of benzene rings is 1. The fourth-order valence-electron chi connectivity index (χ4n) is 2.77. The van der Waals surface area contributed by atoms with Gasteiger partial charge in [-0.05, 0) is 30.7 Å². The lowest BCUT2D eigenvalue weighted by Crippen LogP contribution is -2.36. The van der Waals surface area contributed by atoms with Crippen molar-refractivity contribution in [3.63, 3.8) is 0 Å². The molecule has 0 spiro atoms. The number of anilines is 2. The molecule has 27 heavy (non-hydrogen) atoms. The summed E-state index contributed by atoms with van der Waals surface area (Å²) in [5, 5.41) is 7.60. The highest BCUT2D eigenvalue weighted by Gasteiger charge is 2.20. The van der Waals surface area contributed by atoms with E-state index in [0.717, 1.165) is 4.52 Å². The van der Waals surface area contributed by atoms with Gasteiger partial charge in [0.2, 0.25) is 10.1 Å². The summed E-state index contributed by atoms with van der Waals surface area (Å²) in [5.74, 6) is -1.01. The molecule has 0 aliphatic carbocycles. The second-order valence-corrected chi connectivity index (χ2v) is 7.00. The number of morpholine rings is 1. The van der Waals surface area contributed by atoms with Crippen molar-refractivity contribution in [3.8, 4) is 0 Å². The third-order valence-electron chi connectivity index (χ3n) is 4.24. The van der Waals surface area contributed by atoms with Gasteiger partial charge in [0, 0.05) is 25.0 Å². The maximum Gasteiger partial charge on any atom is 0.288 e. The Labute approximate surface area is 157 Å². The summed E-state index contributed by atoms with van der Waals surface area (Å²) in [5.41, 5.74) is 0.307. The van der Waals surface area contributed by atoms with Crippen molar-refractivity contribution >= 4 is 33.0 Å². The minimum absolute atomic E-state index is 0.130. The zero-order valence-corrected chi connectivity index (χ0v) is 15.3. The summed E-state index contributed by atoms with van der Waals surface area (Å²) < 4.78 is 19.7. The lowest BCUT2D eigenvalue weighted by molar-refractivity contribution is 0.102. The maximum absolute atomic E-state index is 13.2. The number of aromatic nitrogens is 3. The minimum atomic E-state index is -0.613. The normalized spacial score (nSPS) is 14.5. The predicted octanol–water partition coefficient (Wildman–Crippen LogP) is 1.69. The van der Waals surface area contributed by atoms with E-state index >= 15 is 0 Å². The molecule has 4 rings (SSSR count). The molecule has 10 heteroatoms. The number of fused-ring (bicyclic) bond motifs is 1. The van der Waals surface area contributed by atoms with Crippen LogP contribution in [0.1, 0.15) is 15.9 Å². The van der Waals surface area contributed by atoms with Gasteiger partial charge in [-0.1, -0.05) is 11.3 Å². The molecule has 3 aromatic rings. The van der Waals surface area contributed by atoms with Gasteiger partial charge < -0.3 is 15.0 Å². The van der Waals surface area contributed by atoms with E-state index in [1.54, 1.807) is 6.92 Å². The van der Waals surface area contributed by atoms with Crippen LogP contribution < -0.4 is 15.8 Å². The van der Waals surface area contributed by atoms with Gasteiger partial charge in [-0.3, -0.25) is 9.59 Å². The average Bonchev–Trinajstić information content (AvgIpc) is 3.10. The fourth-order valence-corrected chi connectivity index (χ4v) is 3.68. The van der Waals surface area contributed by atoms with Crippen molar-refractivity contribution < 1.29 is 13.9 Å². The minimum Gasteiger partial charge on any atom is -0.378 e. The van der Waals surface area contributed by atoms with Crippen LogP contribution in [-0.2, 0) is 4.74 Å². The lowest BCUT2D eigenvalue weighted by Gasteiger charge is -2.25. The molecular formula is C17H16FN5O3S. The van der Waals surface area contributed by atoms with Gasteiger partial charge >= 0.3 is 0 Å². The first kappa shape index (κ1) is 17.6. The van der Waals surface area contributed by atoms with Crippen molar-refractivity contribution in [3.05, 3.63) is 51.7 Å². The number of ether oxygens (including phenoxy) is 1. The molecule has 0 atom stereocenters. The van der Waals surface area contributed by atoms with Crippen LogP contribution in [-0.4, -0.2) is 46.8 Å². The van der Waals surface area contributed by atoms with Gasteiger partial charge in [0.05, 0.1) is 13.2 Å². The molecule has 1 aliphatic rings. The highest BCUT2D eigenvalue weighted by atomic mass is 32.1. The molecule has 0 unspecified atom stereocenters. The highest BCUT2D eigenvalue weighted by Crippen LogP contribution is 2.22. The summed E-state index contributed by atoms with van der Waals surface area (Å²) >= 11 is 1.28. The van der Waals surface area contributed by atoms with E-state index in [-0.39, 0.29) is 5.56 Å². The summed E-state index contributed by atoms with van der Waals surface area (Å²) in [6.07, 6.45) is 1.24. The molecule has 140 valence electrons. The van der Waals surface area contributed by atoms with Crippen molar-refractivity contribution in [1.82, 2.24) is 14.6 Å². The molecule has 1 amide bonds. The van der Waals surface area contributed by atoms with Crippen molar-refractivity contribution in [2.24, 2.45) is 0 Å². The number of aryl methyl sites for hydroxylation is 1. The number of rotatable bonds is 3. The van der Waals surface area contributed by atoms with Gasteiger partial charge in [0.15, 0.2) is 0 Å². The van der Waals surface area contributed by atoms with E-state index in [0.29, 0.717) is 47.6 Å². The van der Waals surface area contributed by atoms with Crippen LogP contribution in [0.5, 0.6) is 0 Å². The number of hydrogen-bond acceptors (Lipinski definition) is 7. The Kier molecular flexibility index (Phi) is 4.58. The van der Waals surface area contributed by atoms with Crippen molar-refractivity contribution in [1.29, 1.82) is 0 Å². The number of carbonyl (C=O) groups is 1. The second-order valence-electron chi connectivity index (χ2n) is 6.07. The fraction of sp³-hybridized carbons (Fsp3) is 0.294. The van der Waals surface area contributed by atoms with E-state index in [1.807, 2.05) is 4.90 Å². The van der Waals surface area contributed by atoms with E-state index in [1.165, 1.54) is 35.7 Å². The molecule has 1 aromatic carbocycles. The monoisotopic (exact) mass is 389 g/mol. The summed E-state index contributed by atoms with van der Waals surface area (Å²) in [4.78, 5) is 31.8. The van der Waals surface area contributed by atoms with Crippen LogP contribution in [0.4, 0.5) is 15.2 Å². The number of nitrogens with zero attached hydrogens (tertiary/aromatic N) is 4. The Morgan fingerprint density at radius 2 is 2.11 bits per heavy atom.